The van der Waals surface area contributed by atoms with Crippen LogP contribution >= 0.6 is 11.3 Å². The van der Waals surface area contributed by atoms with Crippen molar-refractivity contribution >= 4 is 46.0 Å². The van der Waals surface area contributed by atoms with Gasteiger partial charge in [0.1, 0.15) is 6.04 Å². The van der Waals surface area contributed by atoms with E-state index in [1.165, 1.54) is 18.4 Å². The van der Waals surface area contributed by atoms with Gasteiger partial charge in [0.2, 0.25) is 5.95 Å². The van der Waals surface area contributed by atoms with Crippen LogP contribution in [0.4, 0.5) is 5.95 Å². The fourth-order valence-electron chi connectivity index (χ4n) is 3.74. The summed E-state index contributed by atoms with van der Waals surface area (Å²) in [5.41, 5.74) is 3.08. The second-order valence-corrected chi connectivity index (χ2v) is 8.88. The molecule has 0 aliphatic heterocycles. The Kier molecular flexibility index (Phi) is 7.54. The van der Waals surface area contributed by atoms with Gasteiger partial charge in [0.25, 0.3) is 11.8 Å². The first-order chi connectivity index (χ1) is 17.4. The van der Waals surface area contributed by atoms with E-state index >= 15 is 0 Å². The number of rotatable bonds is 9. The summed E-state index contributed by atoms with van der Waals surface area (Å²) < 4.78 is 4.80. The summed E-state index contributed by atoms with van der Waals surface area (Å²) in [4.78, 5) is 46.9. The van der Waals surface area contributed by atoms with Gasteiger partial charge in [0.05, 0.1) is 40.7 Å². The number of amides is 2. The Labute approximate surface area is 210 Å². The van der Waals surface area contributed by atoms with Crippen LogP contribution in [0.2, 0.25) is 0 Å². The largest absolute Gasteiger partial charge is 0.467 e. The molecule has 0 saturated carbocycles. The third kappa shape index (κ3) is 5.49. The first kappa shape index (κ1) is 24.8. The maximum atomic E-state index is 13.1. The van der Waals surface area contributed by atoms with Gasteiger partial charge in [-0.25, -0.2) is 14.8 Å². The molecule has 11 nitrogen and oxygen atoms in total. The standard InChI is InChI=1S/C24H25N7O4S/c1-13-20(22(33)30-18(23(34)35-3)12-25-21(32)19-8-5-9-36-19)14(2)29-24(28-13)26-10-15-6-4-7-17-16(15)11-27-31-17/h4-9,11,18H,10,12H2,1-3H3,(H,25,32)(H,27,31)(H,30,33)(H,26,28,29)/t18-/m0/s1. The van der Waals surface area contributed by atoms with Crippen LogP contribution in [0.5, 0.6) is 0 Å². The lowest BCUT2D eigenvalue weighted by molar-refractivity contribution is -0.142. The number of aryl methyl sites for hydroxylation is 2. The number of ether oxygens (including phenoxy) is 1. The molecule has 12 heteroatoms. The van der Waals surface area contributed by atoms with Crippen LogP contribution in [-0.2, 0) is 16.1 Å². The molecule has 36 heavy (non-hydrogen) atoms. The van der Waals surface area contributed by atoms with E-state index in [0.29, 0.717) is 28.8 Å². The Balaban J connectivity index is 1.44. The highest BCUT2D eigenvalue weighted by Gasteiger charge is 2.26. The van der Waals surface area contributed by atoms with E-state index in [4.69, 9.17) is 4.74 Å². The number of fused-ring (bicyclic) bond motifs is 1. The lowest BCUT2D eigenvalue weighted by Gasteiger charge is -2.18. The average Bonchev–Trinajstić information content (AvgIpc) is 3.57. The molecule has 2 amide bonds. The summed E-state index contributed by atoms with van der Waals surface area (Å²) in [5.74, 6) is -1.20. The molecule has 0 unspecified atom stereocenters. The number of H-pyrrole nitrogens is 1. The Hall–Kier alpha value is -4.32. The normalized spacial score (nSPS) is 11.6. The van der Waals surface area contributed by atoms with Crippen molar-refractivity contribution in [2.24, 2.45) is 0 Å². The quantitative estimate of drug-likeness (QED) is 0.252. The van der Waals surface area contributed by atoms with E-state index in [9.17, 15) is 14.4 Å². The maximum absolute atomic E-state index is 13.1. The fraction of sp³-hybridized carbons (Fsp3) is 0.250. The number of esters is 1. The smallest absolute Gasteiger partial charge is 0.330 e. The molecule has 0 aliphatic rings. The van der Waals surface area contributed by atoms with Gasteiger partial charge in [0.15, 0.2) is 0 Å². The number of aromatic amines is 1. The van der Waals surface area contributed by atoms with E-state index in [0.717, 1.165) is 16.5 Å². The molecule has 3 heterocycles. The Morgan fingerprint density at radius 3 is 2.56 bits per heavy atom. The van der Waals surface area contributed by atoms with Crippen LogP contribution in [0.3, 0.4) is 0 Å². The van der Waals surface area contributed by atoms with Gasteiger partial charge < -0.3 is 20.7 Å². The maximum Gasteiger partial charge on any atom is 0.330 e. The van der Waals surface area contributed by atoms with Crippen LogP contribution in [0, 0.1) is 13.8 Å². The monoisotopic (exact) mass is 507 g/mol. The molecule has 1 atom stereocenters. The molecule has 4 rings (SSSR count). The molecule has 186 valence electrons. The zero-order valence-corrected chi connectivity index (χ0v) is 20.7. The van der Waals surface area contributed by atoms with Gasteiger partial charge in [-0.15, -0.1) is 11.3 Å². The third-order valence-corrected chi connectivity index (χ3v) is 6.38. The number of benzene rings is 1. The van der Waals surface area contributed by atoms with E-state index < -0.39 is 17.9 Å². The summed E-state index contributed by atoms with van der Waals surface area (Å²) in [6.45, 7) is 3.72. The predicted octanol–water partition coefficient (Wildman–Crippen LogP) is 2.34. The van der Waals surface area contributed by atoms with Gasteiger partial charge in [0, 0.05) is 18.5 Å². The fourth-order valence-corrected chi connectivity index (χ4v) is 4.38. The zero-order chi connectivity index (χ0) is 25.7. The molecular weight excluding hydrogens is 482 g/mol. The molecular formula is C24H25N7O4S. The highest BCUT2D eigenvalue weighted by atomic mass is 32.1. The summed E-state index contributed by atoms with van der Waals surface area (Å²) >= 11 is 1.27. The highest BCUT2D eigenvalue weighted by Crippen LogP contribution is 2.18. The minimum absolute atomic E-state index is 0.132. The molecule has 0 bridgehead atoms. The van der Waals surface area contributed by atoms with Crippen LogP contribution in [-0.4, -0.2) is 57.6 Å². The number of nitrogens with zero attached hydrogens (tertiary/aromatic N) is 3. The van der Waals surface area contributed by atoms with Gasteiger partial charge in [-0.2, -0.15) is 5.10 Å². The van der Waals surface area contributed by atoms with Crippen LogP contribution in [0.1, 0.15) is 37.0 Å². The molecule has 3 aromatic heterocycles. The second-order valence-electron chi connectivity index (χ2n) is 7.93. The minimum atomic E-state index is -1.08. The van der Waals surface area contributed by atoms with Gasteiger partial charge in [-0.05, 0) is 36.9 Å². The van der Waals surface area contributed by atoms with Gasteiger partial charge in [-0.1, -0.05) is 18.2 Å². The van der Waals surface area contributed by atoms with Crippen LogP contribution in [0.25, 0.3) is 10.9 Å². The van der Waals surface area contributed by atoms with Crippen molar-refractivity contribution in [3.63, 3.8) is 0 Å². The van der Waals surface area contributed by atoms with Gasteiger partial charge in [-0.3, -0.25) is 14.7 Å². The number of carbonyl (C=O) groups excluding carboxylic acids is 3. The molecule has 1 aromatic carbocycles. The molecule has 0 radical (unpaired) electrons. The SMILES string of the molecule is COC(=O)[C@H](CNC(=O)c1cccs1)NC(=O)c1c(C)nc(NCc2cccc3[nH]ncc23)nc1C. The average molecular weight is 508 g/mol. The van der Waals surface area contributed by atoms with Gasteiger partial charge >= 0.3 is 5.97 Å². The summed E-state index contributed by atoms with van der Waals surface area (Å²) in [7, 11) is 1.21. The lowest BCUT2D eigenvalue weighted by Crippen LogP contribution is -2.49. The molecule has 0 fully saturated rings. The first-order valence-electron chi connectivity index (χ1n) is 11.1. The zero-order valence-electron chi connectivity index (χ0n) is 19.9. The number of hydrogen-bond acceptors (Lipinski definition) is 9. The molecule has 4 aromatic rings. The topological polar surface area (TPSA) is 151 Å². The van der Waals surface area contributed by atoms with Crippen molar-refractivity contribution in [3.05, 3.63) is 69.3 Å². The lowest BCUT2D eigenvalue weighted by atomic mass is 10.1. The summed E-state index contributed by atoms with van der Waals surface area (Å²) in [5, 5.41) is 18.2. The summed E-state index contributed by atoms with van der Waals surface area (Å²) in [6.07, 6.45) is 1.76. The molecule has 0 spiro atoms. The third-order valence-electron chi connectivity index (χ3n) is 5.51. The van der Waals surface area contributed by atoms with Crippen LogP contribution in [0.15, 0.2) is 41.9 Å². The molecule has 4 N–H and O–H groups in total. The first-order valence-corrected chi connectivity index (χ1v) is 12.0. The summed E-state index contributed by atoms with van der Waals surface area (Å²) in [6, 6.07) is 8.19. The highest BCUT2D eigenvalue weighted by molar-refractivity contribution is 7.12. The number of aromatic nitrogens is 4. The van der Waals surface area contributed by atoms with Crippen molar-refractivity contribution < 1.29 is 19.1 Å². The van der Waals surface area contributed by atoms with E-state index in [1.54, 1.807) is 37.6 Å². The van der Waals surface area contributed by atoms with E-state index in [1.807, 2.05) is 18.2 Å². The minimum Gasteiger partial charge on any atom is -0.467 e. The Bertz CT molecular complexity index is 1380. The number of nitrogens with one attached hydrogen (secondary N) is 4. The molecule has 0 saturated heterocycles. The number of methoxy groups -OCH3 is 1. The van der Waals surface area contributed by atoms with Crippen molar-refractivity contribution in [2.75, 3.05) is 19.0 Å². The van der Waals surface area contributed by atoms with Crippen molar-refractivity contribution in [2.45, 2.75) is 26.4 Å². The van der Waals surface area contributed by atoms with E-state index in [2.05, 4.69) is 36.1 Å². The number of thiophene rings is 1. The Morgan fingerprint density at radius 1 is 1.08 bits per heavy atom. The van der Waals surface area contributed by atoms with Crippen LogP contribution < -0.4 is 16.0 Å². The predicted molar refractivity (Wildman–Crippen MR) is 135 cm³/mol. The number of hydrogen-bond donors (Lipinski definition) is 4. The van der Waals surface area contributed by atoms with Crippen molar-refractivity contribution in [1.29, 1.82) is 0 Å². The second kappa shape index (κ2) is 11.0. The van der Waals surface area contributed by atoms with Crippen molar-refractivity contribution in [1.82, 2.24) is 30.8 Å². The Morgan fingerprint density at radius 2 is 1.86 bits per heavy atom. The van der Waals surface area contributed by atoms with E-state index in [-0.39, 0.29) is 18.0 Å². The number of anilines is 1. The molecule has 0 aliphatic carbocycles. The number of carbonyl (C=O) groups is 3. The van der Waals surface area contributed by atoms with Crippen molar-refractivity contribution in [3.8, 4) is 0 Å².